The highest BCUT2D eigenvalue weighted by molar-refractivity contribution is 7.47. The number of phosphoric ester groups is 2. The second-order valence-corrected chi connectivity index (χ2v) is 34.7. The lowest BCUT2D eigenvalue weighted by molar-refractivity contribution is -0.161. The fourth-order valence-corrected chi connectivity index (χ4v) is 15.2. The number of ether oxygens (including phenoxy) is 4. The Kier molecular flexibility index (Phi) is 78.2. The molecule has 0 spiro atoms. The topological polar surface area (TPSA) is 237 Å². The number of aliphatic hydroxyl groups excluding tert-OH is 1. The largest absolute Gasteiger partial charge is 0.472 e. The van der Waals surface area contributed by atoms with Gasteiger partial charge in [-0.3, -0.25) is 37.3 Å². The SMILES string of the molecule is CCCCCCCCCCCCCCCCCCCCCCCCC(=O)O[C@H](COC(=O)CCCCCCCCCCCCCCCCCCCCCCC)COP(=O)(O)OC[C@@H](O)COP(=O)(O)OC[C@@H](COC(=O)CCCCCCCCCC(C)C)OC(=O)CCCCCCCCCCCCCCC. The molecule has 5 atom stereocenters. The molecule has 0 aromatic rings. The van der Waals surface area contributed by atoms with Crippen molar-refractivity contribution in [3.63, 3.8) is 0 Å². The molecule has 0 aromatic heterocycles. The van der Waals surface area contributed by atoms with Crippen LogP contribution in [-0.2, 0) is 65.4 Å². The molecular formula is C87H170O17P2. The Labute approximate surface area is 651 Å². The van der Waals surface area contributed by atoms with Gasteiger partial charge < -0.3 is 33.8 Å². The minimum atomic E-state index is -4.97. The van der Waals surface area contributed by atoms with E-state index in [1.54, 1.807) is 0 Å². The Morgan fingerprint density at radius 2 is 0.434 bits per heavy atom. The molecule has 3 N–H and O–H groups in total. The van der Waals surface area contributed by atoms with Crippen molar-refractivity contribution >= 4 is 39.5 Å². The summed E-state index contributed by atoms with van der Waals surface area (Å²) in [5, 5.41) is 10.7. The fraction of sp³-hybridized carbons (Fsp3) is 0.954. The van der Waals surface area contributed by atoms with Crippen LogP contribution in [0.15, 0.2) is 0 Å². The minimum Gasteiger partial charge on any atom is -0.462 e. The highest BCUT2D eigenvalue weighted by Crippen LogP contribution is 2.45. The molecule has 0 saturated carbocycles. The third-order valence-corrected chi connectivity index (χ3v) is 22.4. The highest BCUT2D eigenvalue weighted by Gasteiger charge is 2.30. The summed E-state index contributed by atoms with van der Waals surface area (Å²) in [7, 11) is -9.93. The molecule has 630 valence electrons. The van der Waals surface area contributed by atoms with Crippen molar-refractivity contribution in [3.8, 4) is 0 Å². The average molecular weight is 1550 g/mol. The van der Waals surface area contributed by atoms with Gasteiger partial charge in [-0.1, -0.05) is 420 Å². The van der Waals surface area contributed by atoms with Crippen LogP contribution in [-0.4, -0.2) is 96.7 Å². The first-order valence-electron chi connectivity index (χ1n) is 45.1. The van der Waals surface area contributed by atoms with Crippen LogP contribution in [0.5, 0.6) is 0 Å². The second-order valence-electron chi connectivity index (χ2n) is 31.8. The summed E-state index contributed by atoms with van der Waals surface area (Å²) in [5.74, 6) is -1.40. The fourth-order valence-electron chi connectivity index (χ4n) is 13.6. The van der Waals surface area contributed by atoms with Crippen LogP contribution in [0.2, 0.25) is 0 Å². The third kappa shape index (κ3) is 80.1. The molecule has 0 aliphatic heterocycles. The summed E-state index contributed by atoms with van der Waals surface area (Å²) in [5.41, 5.74) is 0. The van der Waals surface area contributed by atoms with Crippen molar-refractivity contribution in [3.05, 3.63) is 0 Å². The molecule has 17 nitrogen and oxygen atoms in total. The summed E-state index contributed by atoms with van der Waals surface area (Å²) in [4.78, 5) is 73.2. The van der Waals surface area contributed by atoms with Crippen molar-refractivity contribution in [2.45, 2.75) is 490 Å². The van der Waals surface area contributed by atoms with Gasteiger partial charge in [-0.05, 0) is 31.6 Å². The average Bonchev–Trinajstić information content (AvgIpc) is 0.899. The molecule has 0 radical (unpaired) electrons. The van der Waals surface area contributed by atoms with Crippen LogP contribution >= 0.6 is 15.6 Å². The number of rotatable bonds is 87. The monoisotopic (exact) mass is 1550 g/mol. The lowest BCUT2D eigenvalue weighted by Gasteiger charge is -2.21. The van der Waals surface area contributed by atoms with E-state index < -0.39 is 97.5 Å². The molecule has 0 rings (SSSR count). The molecule has 106 heavy (non-hydrogen) atoms. The van der Waals surface area contributed by atoms with Crippen molar-refractivity contribution in [1.82, 2.24) is 0 Å². The predicted octanol–water partition coefficient (Wildman–Crippen LogP) is 26.8. The van der Waals surface area contributed by atoms with Crippen molar-refractivity contribution < 1.29 is 80.2 Å². The second kappa shape index (κ2) is 79.7. The Morgan fingerprint density at radius 3 is 0.642 bits per heavy atom. The first kappa shape index (κ1) is 104. The van der Waals surface area contributed by atoms with E-state index >= 15 is 0 Å². The zero-order chi connectivity index (χ0) is 77.6. The van der Waals surface area contributed by atoms with Crippen molar-refractivity contribution in [1.29, 1.82) is 0 Å². The highest BCUT2D eigenvalue weighted by atomic mass is 31.2. The maximum atomic E-state index is 13.2. The van der Waals surface area contributed by atoms with E-state index in [1.165, 1.54) is 289 Å². The molecular weight excluding hydrogens is 1380 g/mol. The summed E-state index contributed by atoms with van der Waals surface area (Å²) in [6.45, 7) is 7.30. The molecule has 0 saturated heterocycles. The molecule has 2 unspecified atom stereocenters. The number of hydrogen-bond donors (Lipinski definition) is 3. The Balaban J connectivity index is 5.19. The summed E-state index contributed by atoms with van der Waals surface area (Å²) < 4.78 is 68.9. The zero-order valence-electron chi connectivity index (χ0n) is 69.6. The van der Waals surface area contributed by atoms with Gasteiger partial charge in [0.2, 0.25) is 0 Å². The van der Waals surface area contributed by atoms with Gasteiger partial charge in [0.05, 0.1) is 26.4 Å². The molecule has 0 bridgehead atoms. The van der Waals surface area contributed by atoms with E-state index in [2.05, 4.69) is 34.6 Å². The number of unbranched alkanes of at least 4 members (excludes halogenated alkanes) is 59. The lowest BCUT2D eigenvalue weighted by Crippen LogP contribution is -2.30. The molecule has 0 aliphatic carbocycles. The number of carbonyl (C=O) groups excluding carboxylic acids is 4. The van der Waals surface area contributed by atoms with E-state index in [0.717, 1.165) is 96.3 Å². The normalized spacial score (nSPS) is 13.7. The van der Waals surface area contributed by atoms with Gasteiger partial charge in [0, 0.05) is 25.7 Å². The van der Waals surface area contributed by atoms with Gasteiger partial charge in [-0.25, -0.2) is 9.13 Å². The number of carbonyl (C=O) groups is 4. The van der Waals surface area contributed by atoms with Gasteiger partial charge in [-0.15, -0.1) is 0 Å². The van der Waals surface area contributed by atoms with Gasteiger partial charge in [-0.2, -0.15) is 0 Å². The number of aliphatic hydroxyl groups is 1. The number of esters is 4. The van der Waals surface area contributed by atoms with Crippen LogP contribution in [0.1, 0.15) is 471 Å². The quantitative estimate of drug-likeness (QED) is 0.0222. The summed E-state index contributed by atoms with van der Waals surface area (Å²) >= 11 is 0. The molecule has 0 aliphatic rings. The van der Waals surface area contributed by atoms with Gasteiger partial charge in [0.25, 0.3) is 0 Å². The first-order valence-corrected chi connectivity index (χ1v) is 48.1. The maximum absolute atomic E-state index is 13.2. The predicted molar refractivity (Wildman–Crippen MR) is 437 cm³/mol. The van der Waals surface area contributed by atoms with Crippen LogP contribution in [0, 0.1) is 5.92 Å². The first-order chi connectivity index (χ1) is 51.5. The third-order valence-electron chi connectivity index (χ3n) is 20.5. The summed E-state index contributed by atoms with van der Waals surface area (Å²) in [6.07, 6.45) is 73.9. The Morgan fingerprint density at radius 1 is 0.255 bits per heavy atom. The van der Waals surface area contributed by atoms with Crippen LogP contribution in [0.4, 0.5) is 0 Å². The molecule has 0 aromatic carbocycles. The van der Waals surface area contributed by atoms with Gasteiger partial charge >= 0.3 is 39.5 Å². The van der Waals surface area contributed by atoms with E-state index in [1.807, 2.05) is 0 Å². The van der Waals surface area contributed by atoms with Gasteiger partial charge in [0.1, 0.15) is 19.3 Å². The molecule has 0 fully saturated rings. The molecule has 0 heterocycles. The van der Waals surface area contributed by atoms with Crippen molar-refractivity contribution in [2.24, 2.45) is 5.92 Å². The lowest BCUT2D eigenvalue weighted by atomic mass is 10.0. The summed E-state index contributed by atoms with van der Waals surface area (Å²) in [6, 6.07) is 0. The standard InChI is InChI=1S/C87H170O17P2/c1-6-9-12-15-18-21-24-27-29-31-33-35-37-39-41-43-46-49-52-57-63-68-73-87(92)103-82(76-97-84(89)70-65-60-55-50-47-45-42-40-38-36-34-32-30-28-25-22-19-16-13-10-7-2)78-101-105(93,94)99-74-81(88)75-100-106(95,96)102-79-83(77-98-85(90)71-66-61-58-53-54-59-64-69-80(4)5)104-86(91)72-67-62-56-51-48-44-26-23-20-17-14-11-8-3/h80-83,88H,6-79H2,1-5H3,(H,93,94)(H,95,96)/t81-,82-,83-/m1/s1. The smallest absolute Gasteiger partial charge is 0.462 e. The minimum absolute atomic E-state index is 0.107. The molecule has 0 amide bonds. The molecule has 19 heteroatoms. The van der Waals surface area contributed by atoms with E-state index in [9.17, 15) is 43.2 Å². The van der Waals surface area contributed by atoms with Crippen molar-refractivity contribution in [2.75, 3.05) is 39.6 Å². The van der Waals surface area contributed by atoms with E-state index in [-0.39, 0.29) is 25.7 Å². The maximum Gasteiger partial charge on any atom is 0.472 e. The van der Waals surface area contributed by atoms with Crippen LogP contribution < -0.4 is 0 Å². The van der Waals surface area contributed by atoms with Crippen LogP contribution in [0.3, 0.4) is 0 Å². The van der Waals surface area contributed by atoms with Gasteiger partial charge in [0.15, 0.2) is 12.2 Å². The number of phosphoric acid groups is 2. The Bertz CT molecular complexity index is 2010. The Hall–Kier alpha value is -1.94. The van der Waals surface area contributed by atoms with Crippen LogP contribution in [0.25, 0.3) is 0 Å². The number of hydrogen-bond acceptors (Lipinski definition) is 15. The van der Waals surface area contributed by atoms with E-state index in [4.69, 9.17) is 37.0 Å². The van der Waals surface area contributed by atoms with E-state index in [0.29, 0.717) is 31.6 Å². The zero-order valence-corrected chi connectivity index (χ0v) is 71.4.